The number of Topliss-reactive ketones (excluding diaryl/α,β-unsaturated/α-hetero) is 1. The number of aliphatic hydroxyl groups excluding tert-OH is 1. The van der Waals surface area contributed by atoms with E-state index in [4.69, 9.17) is 16.3 Å². The summed E-state index contributed by atoms with van der Waals surface area (Å²) in [5, 5.41) is 11.5. The second-order valence-electron chi connectivity index (χ2n) is 7.03. The molecule has 30 heavy (non-hydrogen) atoms. The number of hydrogen-bond donors (Lipinski definition) is 1. The largest absolute Gasteiger partial charge is 0.507 e. The molecule has 0 radical (unpaired) electrons. The molecule has 2 heterocycles. The van der Waals surface area contributed by atoms with Crippen LogP contribution in [0.1, 0.15) is 50.4 Å². The lowest BCUT2D eigenvalue weighted by atomic mass is 9.98. The molecule has 1 fully saturated rings. The lowest BCUT2D eigenvalue weighted by Gasteiger charge is -2.24. The molecule has 0 saturated carbocycles. The van der Waals surface area contributed by atoms with Gasteiger partial charge in [-0.2, -0.15) is 0 Å². The number of aliphatic hydroxyl groups is 1. The van der Waals surface area contributed by atoms with Crippen LogP contribution in [0, 0.1) is 0 Å². The van der Waals surface area contributed by atoms with Crippen LogP contribution in [0.25, 0.3) is 5.76 Å². The average Bonchev–Trinajstić information content (AvgIpc) is 3.01. The molecule has 158 valence electrons. The monoisotopic (exact) mass is 428 g/mol. The van der Waals surface area contributed by atoms with Crippen LogP contribution < -0.4 is 4.74 Å². The Kier molecular flexibility index (Phi) is 7.11. The highest BCUT2D eigenvalue weighted by molar-refractivity contribution is 6.46. The number of benzene rings is 1. The molecule has 1 aliphatic heterocycles. The Balaban J connectivity index is 2.11. The zero-order valence-corrected chi connectivity index (χ0v) is 17.9. The Morgan fingerprint density at radius 2 is 2.00 bits per heavy atom. The normalized spacial score (nSPS) is 18.1. The summed E-state index contributed by atoms with van der Waals surface area (Å²) >= 11 is 6.15. The summed E-state index contributed by atoms with van der Waals surface area (Å²) in [6.45, 7) is 4.72. The van der Waals surface area contributed by atoms with Gasteiger partial charge in [-0.3, -0.25) is 14.6 Å². The van der Waals surface area contributed by atoms with Crippen molar-refractivity contribution in [2.45, 2.75) is 39.2 Å². The third kappa shape index (κ3) is 4.33. The van der Waals surface area contributed by atoms with Gasteiger partial charge in [0.15, 0.2) is 0 Å². The number of rotatable bonds is 8. The molecule has 1 saturated heterocycles. The number of carbonyl (C=O) groups is 2. The summed E-state index contributed by atoms with van der Waals surface area (Å²) in [4.78, 5) is 31.6. The van der Waals surface area contributed by atoms with Gasteiger partial charge in [-0.25, -0.2) is 0 Å². The van der Waals surface area contributed by atoms with Crippen LogP contribution >= 0.6 is 11.6 Å². The van der Waals surface area contributed by atoms with Crippen molar-refractivity contribution in [2.24, 2.45) is 0 Å². The maximum absolute atomic E-state index is 12.9. The molecule has 7 heteroatoms. The fraction of sp³-hybridized carbons (Fsp3) is 0.348. The minimum atomic E-state index is -0.741. The van der Waals surface area contributed by atoms with Crippen LogP contribution in [0.3, 0.4) is 0 Å². The van der Waals surface area contributed by atoms with Gasteiger partial charge in [-0.15, -0.1) is 0 Å². The van der Waals surface area contributed by atoms with Crippen molar-refractivity contribution < 1.29 is 19.4 Å². The van der Waals surface area contributed by atoms with Crippen LogP contribution in [-0.4, -0.2) is 39.8 Å². The first-order valence-corrected chi connectivity index (χ1v) is 10.5. The van der Waals surface area contributed by atoms with Crippen molar-refractivity contribution in [3.05, 3.63) is 64.4 Å². The van der Waals surface area contributed by atoms with E-state index < -0.39 is 17.7 Å². The van der Waals surface area contributed by atoms with Crippen molar-refractivity contribution in [3.63, 3.8) is 0 Å². The summed E-state index contributed by atoms with van der Waals surface area (Å²) in [6.07, 6.45) is 4.30. The van der Waals surface area contributed by atoms with Gasteiger partial charge in [0.25, 0.3) is 11.7 Å². The van der Waals surface area contributed by atoms with E-state index in [-0.39, 0.29) is 11.3 Å². The number of unbranched alkanes of at least 4 members (excludes halogenated alkanes) is 2. The first-order valence-electron chi connectivity index (χ1n) is 10.1. The van der Waals surface area contributed by atoms with Crippen molar-refractivity contribution in [1.82, 2.24) is 9.88 Å². The smallest absolute Gasteiger partial charge is 0.295 e. The highest BCUT2D eigenvalue weighted by Gasteiger charge is 2.46. The number of hydrogen-bond acceptors (Lipinski definition) is 5. The number of pyridine rings is 1. The fourth-order valence-electron chi connectivity index (χ4n) is 3.56. The van der Waals surface area contributed by atoms with Crippen LogP contribution in [-0.2, 0) is 9.59 Å². The van der Waals surface area contributed by atoms with Crippen LogP contribution in [0.5, 0.6) is 5.75 Å². The Bertz CT molecular complexity index is 959. The van der Waals surface area contributed by atoms with Gasteiger partial charge in [0.2, 0.25) is 0 Å². The highest BCUT2D eigenvalue weighted by Crippen LogP contribution is 2.39. The number of nitrogens with zero attached hydrogens (tertiary/aromatic N) is 2. The molecule has 1 aliphatic rings. The maximum Gasteiger partial charge on any atom is 0.295 e. The third-order valence-electron chi connectivity index (χ3n) is 5.01. The average molecular weight is 429 g/mol. The Hall–Kier alpha value is -2.86. The Morgan fingerprint density at radius 3 is 2.67 bits per heavy atom. The SMILES string of the molecule is CCCCCN1C(=O)C(=O)/C(=C(\O)c2ccc(Cl)c(OCC)c2)C1c1ccccn1. The fourth-order valence-corrected chi connectivity index (χ4v) is 3.73. The van der Waals surface area contributed by atoms with E-state index in [9.17, 15) is 14.7 Å². The maximum atomic E-state index is 12.9. The molecule has 1 aromatic carbocycles. The van der Waals surface area contributed by atoms with Gasteiger partial charge in [0.05, 0.1) is 22.9 Å². The Morgan fingerprint density at radius 1 is 1.20 bits per heavy atom. The predicted octanol–water partition coefficient (Wildman–Crippen LogP) is 4.75. The van der Waals surface area contributed by atoms with Crippen molar-refractivity contribution in [3.8, 4) is 5.75 Å². The number of likely N-dealkylation sites (tertiary alicyclic amines) is 1. The molecule has 0 bridgehead atoms. The highest BCUT2D eigenvalue weighted by atomic mass is 35.5. The first kappa shape index (κ1) is 21.8. The van der Waals surface area contributed by atoms with E-state index in [0.717, 1.165) is 19.3 Å². The minimum Gasteiger partial charge on any atom is -0.507 e. The van der Waals surface area contributed by atoms with Crippen LogP contribution in [0.15, 0.2) is 48.2 Å². The van der Waals surface area contributed by atoms with Crippen molar-refractivity contribution in [1.29, 1.82) is 0 Å². The van der Waals surface area contributed by atoms with Gasteiger partial charge < -0.3 is 14.7 Å². The first-order chi connectivity index (χ1) is 14.5. The summed E-state index contributed by atoms with van der Waals surface area (Å²) in [5.41, 5.74) is 0.920. The van der Waals surface area contributed by atoms with Gasteiger partial charge in [0.1, 0.15) is 17.6 Å². The zero-order valence-electron chi connectivity index (χ0n) is 17.1. The van der Waals surface area contributed by atoms with Gasteiger partial charge in [0, 0.05) is 18.3 Å². The number of halogens is 1. The molecule has 1 unspecified atom stereocenters. The van der Waals surface area contributed by atoms with E-state index in [2.05, 4.69) is 11.9 Å². The molecule has 6 nitrogen and oxygen atoms in total. The summed E-state index contributed by atoms with van der Waals surface area (Å²) in [6, 6.07) is 9.33. The topological polar surface area (TPSA) is 79.7 Å². The zero-order chi connectivity index (χ0) is 21.7. The van der Waals surface area contributed by atoms with E-state index in [1.807, 2.05) is 6.92 Å². The van der Waals surface area contributed by atoms with Crippen LogP contribution in [0.2, 0.25) is 5.02 Å². The van der Waals surface area contributed by atoms with Gasteiger partial charge in [-0.1, -0.05) is 37.4 Å². The standard InChI is InChI=1S/C23H25ClN2O4/c1-3-5-8-13-26-20(17-9-6-7-12-25-17)19(22(28)23(26)29)21(27)15-10-11-16(24)18(14-15)30-4-2/h6-7,9-12,14,20,27H,3-5,8,13H2,1-2H3/b21-19-. The number of aromatic nitrogens is 1. The molecule has 1 amide bonds. The van der Waals surface area contributed by atoms with E-state index in [0.29, 0.717) is 35.2 Å². The molecule has 0 spiro atoms. The minimum absolute atomic E-state index is 0.0277. The lowest BCUT2D eigenvalue weighted by Crippen LogP contribution is -2.31. The number of amides is 1. The molecule has 1 aromatic heterocycles. The molecule has 0 aliphatic carbocycles. The second kappa shape index (κ2) is 9.76. The number of ether oxygens (including phenoxy) is 1. The second-order valence-corrected chi connectivity index (χ2v) is 7.44. The Labute approximate surface area is 181 Å². The molecule has 1 N–H and O–H groups in total. The quantitative estimate of drug-likeness (QED) is 0.284. The van der Waals surface area contributed by atoms with Crippen molar-refractivity contribution >= 4 is 29.1 Å². The van der Waals surface area contributed by atoms with E-state index in [1.54, 1.807) is 42.6 Å². The third-order valence-corrected chi connectivity index (χ3v) is 5.33. The molecular formula is C23H25ClN2O4. The summed E-state index contributed by atoms with van der Waals surface area (Å²) in [5.74, 6) is -1.20. The van der Waals surface area contributed by atoms with Crippen molar-refractivity contribution in [2.75, 3.05) is 13.2 Å². The number of carbonyl (C=O) groups excluding carboxylic acids is 2. The predicted molar refractivity (Wildman–Crippen MR) is 115 cm³/mol. The molecular weight excluding hydrogens is 404 g/mol. The van der Waals surface area contributed by atoms with Crippen LogP contribution in [0.4, 0.5) is 0 Å². The molecule has 1 atom stereocenters. The summed E-state index contributed by atoms with van der Waals surface area (Å²) in [7, 11) is 0. The summed E-state index contributed by atoms with van der Waals surface area (Å²) < 4.78 is 5.50. The van der Waals surface area contributed by atoms with Gasteiger partial charge >= 0.3 is 0 Å². The molecule has 3 rings (SSSR count). The lowest BCUT2D eigenvalue weighted by molar-refractivity contribution is -0.140. The van der Waals surface area contributed by atoms with E-state index in [1.165, 1.54) is 4.90 Å². The van der Waals surface area contributed by atoms with E-state index >= 15 is 0 Å². The number of ketones is 1. The molecule has 2 aromatic rings. The van der Waals surface area contributed by atoms with Gasteiger partial charge in [-0.05, 0) is 43.7 Å².